The lowest BCUT2D eigenvalue weighted by Crippen LogP contribution is -2.53. The van der Waals surface area contributed by atoms with Crippen molar-refractivity contribution in [2.24, 2.45) is 7.05 Å². The Morgan fingerprint density at radius 2 is 1.57 bits per heavy atom. The molecule has 186 valence electrons. The third-order valence-corrected chi connectivity index (χ3v) is 5.50. The Bertz CT molecular complexity index is 1180. The van der Waals surface area contributed by atoms with Gasteiger partial charge in [0.2, 0.25) is 5.91 Å². The van der Waals surface area contributed by atoms with E-state index in [1.165, 1.54) is 7.11 Å². The Hall–Kier alpha value is -3.81. The van der Waals surface area contributed by atoms with Gasteiger partial charge in [0.25, 0.3) is 0 Å². The fourth-order valence-electron chi connectivity index (χ4n) is 3.92. The Labute approximate surface area is 205 Å². The van der Waals surface area contributed by atoms with E-state index in [1.54, 1.807) is 20.8 Å². The molecule has 3 aromatic rings. The van der Waals surface area contributed by atoms with Gasteiger partial charge >= 0.3 is 12.1 Å². The molecule has 0 unspecified atom stereocenters. The third kappa shape index (κ3) is 7.09. The lowest BCUT2D eigenvalue weighted by molar-refractivity contribution is -0.145. The minimum atomic E-state index is -0.974. The lowest BCUT2D eigenvalue weighted by atomic mass is 10.0. The van der Waals surface area contributed by atoms with Crippen molar-refractivity contribution in [3.8, 4) is 0 Å². The molecule has 0 radical (unpaired) electrons. The van der Waals surface area contributed by atoms with Crippen molar-refractivity contribution in [2.75, 3.05) is 7.11 Å². The number of alkyl carbamates (subject to hydrolysis) is 1. The normalized spacial score (nSPS) is 13.1. The fraction of sp³-hybridized carbons (Fsp3) is 0.370. The van der Waals surface area contributed by atoms with Gasteiger partial charge in [-0.25, -0.2) is 9.59 Å². The molecule has 3 rings (SSSR count). The predicted octanol–water partition coefficient (Wildman–Crippen LogP) is 3.51. The maximum absolute atomic E-state index is 13.4. The van der Waals surface area contributed by atoms with Gasteiger partial charge in [-0.05, 0) is 38.0 Å². The molecule has 0 bridgehead atoms. The highest BCUT2D eigenvalue weighted by Gasteiger charge is 2.30. The van der Waals surface area contributed by atoms with Crippen LogP contribution in [0, 0.1) is 0 Å². The molecule has 8 heteroatoms. The van der Waals surface area contributed by atoms with E-state index >= 15 is 0 Å². The summed E-state index contributed by atoms with van der Waals surface area (Å²) >= 11 is 0. The number of hydrogen-bond donors (Lipinski definition) is 2. The molecule has 8 nitrogen and oxygen atoms in total. The number of methoxy groups -OCH3 is 1. The maximum Gasteiger partial charge on any atom is 0.408 e. The molecule has 1 heterocycles. The molecule has 0 aliphatic rings. The van der Waals surface area contributed by atoms with Crippen LogP contribution in [0.5, 0.6) is 0 Å². The summed E-state index contributed by atoms with van der Waals surface area (Å²) < 4.78 is 12.3. The Morgan fingerprint density at radius 3 is 2.23 bits per heavy atom. The van der Waals surface area contributed by atoms with Crippen molar-refractivity contribution in [1.29, 1.82) is 0 Å². The molecule has 0 spiro atoms. The van der Waals surface area contributed by atoms with Crippen LogP contribution < -0.4 is 10.6 Å². The number of esters is 1. The number of fused-ring (bicyclic) bond motifs is 1. The molecule has 0 fully saturated rings. The summed E-state index contributed by atoms with van der Waals surface area (Å²) in [4.78, 5) is 38.5. The van der Waals surface area contributed by atoms with E-state index in [-0.39, 0.29) is 12.8 Å². The summed E-state index contributed by atoms with van der Waals surface area (Å²) in [7, 11) is 3.20. The molecule has 2 amide bonds. The zero-order chi connectivity index (χ0) is 25.6. The average molecular weight is 480 g/mol. The van der Waals surface area contributed by atoms with Gasteiger partial charge in [-0.3, -0.25) is 4.79 Å². The highest BCUT2D eigenvalue weighted by molar-refractivity contribution is 5.91. The van der Waals surface area contributed by atoms with Gasteiger partial charge in [0.05, 0.1) is 7.11 Å². The van der Waals surface area contributed by atoms with Crippen LogP contribution in [0.2, 0.25) is 0 Å². The number of benzene rings is 2. The number of nitrogens with one attached hydrogen (secondary N) is 2. The second-order valence-electron chi connectivity index (χ2n) is 9.46. The molecule has 1 aromatic heterocycles. The number of hydrogen-bond acceptors (Lipinski definition) is 5. The van der Waals surface area contributed by atoms with Gasteiger partial charge in [-0.2, -0.15) is 0 Å². The number of para-hydroxylation sites is 1. The molecule has 2 atom stereocenters. The van der Waals surface area contributed by atoms with Gasteiger partial charge in [0.1, 0.15) is 17.7 Å². The molecule has 2 N–H and O–H groups in total. The van der Waals surface area contributed by atoms with Crippen LogP contribution in [-0.2, 0) is 39.0 Å². The Balaban J connectivity index is 1.86. The molecule has 0 aliphatic carbocycles. The number of nitrogens with zero attached hydrogens (tertiary/aromatic N) is 1. The minimum Gasteiger partial charge on any atom is -0.467 e. The molecule has 2 aromatic carbocycles. The largest absolute Gasteiger partial charge is 0.467 e. The van der Waals surface area contributed by atoms with Crippen LogP contribution in [0.1, 0.15) is 31.9 Å². The molecule has 0 saturated carbocycles. The van der Waals surface area contributed by atoms with Crippen LogP contribution in [0.4, 0.5) is 4.79 Å². The van der Waals surface area contributed by atoms with Crippen LogP contribution >= 0.6 is 0 Å². The van der Waals surface area contributed by atoms with E-state index in [1.807, 2.05) is 72.4 Å². The van der Waals surface area contributed by atoms with Gasteiger partial charge in [-0.1, -0.05) is 48.5 Å². The summed E-state index contributed by atoms with van der Waals surface area (Å²) in [6.07, 6.45) is 1.69. The summed E-state index contributed by atoms with van der Waals surface area (Å²) in [5.41, 5.74) is 2.04. The number of amides is 2. The topological polar surface area (TPSA) is 98.7 Å². The van der Waals surface area contributed by atoms with Crippen LogP contribution in [-0.4, -0.2) is 47.3 Å². The number of carbonyl (C=O) groups excluding carboxylic acids is 3. The number of ether oxygens (including phenoxy) is 2. The fourth-order valence-corrected chi connectivity index (χ4v) is 3.92. The SMILES string of the molecule is COC(=O)[C@@H](Cc1ccccc1)NC(=O)[C@@H](Cc1cn(C)c2ccccc12)NC(=O)OC(C)(C)C. The van der Waals surface area contributed by atoms with Crippen molar-refractivity contribution < 1.29 is 23.9 Å². The van der Waals surface area contributed by atoms with E-state index < -0.39 is 35.7 Å². The van der Waals surface area contributed by atoms with Gasteiger partial charge in [0.15, 0.2) is 0 Å². The summed E-state index contributed by atoms with van der Waals surface area (Å²) in [5.74, 6) is -1.07. The first kappa shape index (κ1) is 25.8. The highest BCUT2D eigenvalue weighted by Crippen LogP contribution is 2.22. The Morgan fingerprint density at radius 1 is 0.914 bits per heavy atom. The smallest absolute Gasteiger partial charge is 0.408 e. The van der Waals surface area contributed by atoms with Crippen molar-refractivity contribution in [1.82, 2.24) is 15.2 Å². The standard InChI is InChI=1S/C27H33N3O5/c1-27(2,3)35-26(33)29-21(16-19-17-30(4)23-14-10-9-13-20(19)23)24(31)28-22(25(32)34-5)15-18-11-7-6-8-12-18/h6-14,17,21-22H,15-16H2,1-5H3,(H,28,31)(H,29,33)/t21-,22-/m1/s1. The van der Waals surface area contributed by atoms with E-state index in [4.69, 9.17) is 9.47 Å². The van der Waals surface area contributed by atoms with Crippen LogP contribution in [0.3, 0.4) is 0 Å². The van der Waals surface area contributed by atoms with Gasteiger partial charge in [-0.15, -0.1) is 0 Å². The summed E-state index contributed by atoms with van der Waals surface area (Å²) in [6, 6.07) is 15.3. The van der Waals surface area contributed by atoms with Crippen molar-refractivity contribution in [3.63, 3.8) is 0 Å². The second kappa shape index (κ2) is 11.1. The van der Waals surface area contributed by atoms with Crippen LogP contribution in [0.25, 0.3) is 10.9 Å². The number of carbonyl (C=O) groups is 3. The first-order valence-corrected chi connectivity index (χ1v) is 11.5. The first-order valence-electron chi connectivity index (χ1n) is 11.5. The maximum atomic E-state index is 13.4. The van der Waals surface area contributed by atoms with Crippen molar-refractivity contribution in [3.05, 3.63) is 71.9 Å². The highest BCUT2D eigenvalue weighted by atomic mass is 16.6. The van der Waals surface area contributed by atoms with Gasteiger partial charge in [0, 0.05) is 37.0 Å². The molecule has 35 heavy (non-hydrogen) atoms. The van der Waals surface area contributed by atoms with Crippen molar-refractivity contribution >= 4 is 28.9 Å². The molecular formula is C27H33N3O5. The molecule has 0 aliphatic heterocycles. The number of rotatable bonds is 8. The van der Waals surface area contributed by atoms with E-state index in [0.29, 0.717) is 0 Å². The zero-order valence-corrected chi connectivity index (χ0v) is 20.8. The first-order chi connectivity index (χ1) is 16.6. The third-order valence-electron chi connectivity index (χ3n) is 5.50. The average Bonchev–Trinajstić information content (AvgIpc) is 3.12. The number of aromatic nitrogens is 1. The second-order valence-corrected chi connectivity index (χ2v) is 9.46. The molecular weight excluding hydrogens is 446 g/mol. The van der Waals surface area contributed by atoms with Crippen LogP contribution in [0.15, 0.2) is 60.8 Å². The van der Waals surface area contributed by atoms with E-state index in [2.05, 4.69) is 10.6 Å². The summed E-state index contributed by atoms with van der Waals surface area (Å²) in [5, 5.41) is 6.44. The van der Waals surface area contributed by atoms with Crippen molar-refractivity contribution in [2.45, 2.75) is 51.3 Å². The number of aryl methyl sites for hydroxylation is 1. The molecule has 0 saturated heterocycles. The van der Waals surface area contributed by atoms with Gasteiger partial charge < -0.3 is 24.7 Å². The lowest BCUT2D eigenvalue weighted by Gasteiger charge is -2.25. The van der Waals surface area contributed by atoms with E-state index in [0.717, 1.165) is 22.0 Å². The Kier molecular flexibility index (Phi) is 8.17. The monoisotopic (exact) mass is 479 g/mol. The summed E-state index contributed by atoms with van der Waals surface area (Å²) in [6.45, 7) is 5.25. The predicted molar refractivity (Wildman–Crippen MR) is 134 cm³/mol. The quantitative estimate of drug-likeness (QED) is 0.482. The van der Waals surface area contributed by atoms with E-state index in [9.17, 15) is 14.4 Å². The minimum absolute atomic E-state index is 0.214. The zero-order valence-electron chi connectivity index (χ0n) is 20.8.